The minimum Gasteiger partial charge on any atom is -0.496 e. The number of nitrogens with one attached hydrogen (secondary N) is 1. The lowest BCUT2D eigenvalue weighted by atomic mass is 10.1. The highest BCUT2D eigenvalue weighted by Crippen LogP contribution is 2.33. The zero-order chi connectivity index (χ0) is 20.1. The fraction of sp³-hybridized carbons (Fsp3) is 0.167. The number of benzene rings is 2. The van der Waals surface area contributed by atoms with Crippen molar-refractivity contribution in [3.05, 3.63) is 69.3 Å². The third kappa shape index (κ3) is 4.84. The summed E-state index contributed by atoms with van der Waals surface area (Å²) >= 11 is 2.60. The minimum atomic E-state index is -0.447. The van der Waals surface area contributed by atoms with Gasteiger partial charge >= 0.3 is 0 Å². The molecule has 1 aromatic heterocycles. The van der Waals surface area contributed by atoms with Crippen LogP contribution < -0.4 is 10.1 Å². The van der Waals surface area contributed by atoms with Crippen LogP contribution in [0.1, 0.15) is 21.5 Å². The fourth-order valence-corrected chi connectivity index (χ4v) is 4.13. The van der Waals surface area contributed by atoms with Gasteiger partial charge in [-0.25, -0.2) is 0 Å². The number of methoxy groups -OCH3 is 1. The molecule has 144 valence electrons. The summed E-state index contributed by atoms with van der Waals surface area (Å²) in [6.07, 6.45) is 0. The molecule has 0 atom stereocenters. The first-order valence-corrected chi connectivity index (χ1v) is 9.92. The average molecular weight is 416 g/mol. The zero-order valence-corrected chi connectivity index (χ0v) is 16.7. The largest absolute Gasteiger partial charge is 0.496 e. The number of amides is 1. The van der Waals surface area contributed by atoms with Crippen LogP contribution in [0, 0.1) is 17.0 Å². The summed E-state index contributed by atoms with van der Waals surface area (Å²) in [5, 5.41) is 22.1. The number of aromatic nitrogens is 2. The molecule has 0 saturated carbocycles. The Morgan fingerprint density at radius 1 is 1.29 bits per heavy atom. The second kappa shape index (κ2) is 8.81. The number of hydrogen-bond donors (Lipinski definition) is 1. The van der Waals surface area contributed by atoms with E-state index in [-0.39, 0.29) is 11.6 Å². The number of nitro groups is 1. The molecule has 0 spiro atoms. The standard InChI is InChI=1S/C18H16N4O4S2/c1-11-4-3-5-12(8-11)16(23)19-17-20-21-18(28-17)27-10-13-9-14(22(24)25)6-7-15(13)26-2/h3-9H,10H2,1-2H3,(H,19,20,23). The van der Waals surface area contributed by atoms with Gasteiger partial charge in [-0.2, -0.15) is 0 Å². The monoisotopic (exact) mass is 416 g/mol. The molecule has 10 heteroatoms. The van der Waals surface area contributed by atoms with Crippen molar-refractivity contribution in [3.63, 3.8) is 0 Å². The van der Waals surface area contributed by atoms with E-state index in [0.717, 1.165) is 5.56 Å². The van der Waals surface area contributed by atoms with Crippen LogP contribution in [0.3, 0.4) is 0 Å². The maximum absolute atomic E-state index is 12.3. The predicted molar refractivity (Wildman–Crippen MR) is 108 cm³/mol. The van der Waals surface area contributed by atoms with Crippen molar-refractivity contribution in [3.8, 4) is 5.75 Å². The quantitative estimate of drug-likeness (QED) is 0.265. The number of aryl methyl sites for hydroxylation is 1. The van der Waals surface area contributed by atoms with Gasteiger partial charge in [0.1, 0.15) is 5.75 Å². The Morgan fingerprint density at radius 3 is 2.82 bits per heavy atom. The first-order valence-electron chi connectivity index (χ1n) is 8.12. The molecular formula is C18H16N4O4S2. The van der Waals surface area contributed by atoms with E-state index in [1.165, 1.54) is 42.3 Å². The first kappa shape index (κ1) is 19.8. The van der Waals surface area contributed by atoms with E-state index in [1.54, 1.807) is 18.2 Å². The summed E-state index contributed by atoms with van der Waals surface area (Å²) in [5.74, 6) is 0.734. The molecule has 1 heterocycles. The molecule has 0 radical (unpaired) electrons. The summed E-state index contributed by atoms with van der Waals surface area (Å²) in [6.45, 7) is 1.92. The van der Waals surface area contributed by atoms with Crippen molar-refractivity contribution < 1.29 is 14.5 Å². The summed E-state index contributed by atoms with van der Waals surface area (Å²) in [6, 6.07) is 11.7. The predicted octanol–water partition coefficient (Wildman–Crippen LogP) is 4.31. The Bertz CT molecular complexity index is 1020. The Balaban J connectivity index is 1.66. The van der Waals surface area contributed by atoms with Gasteiger partial charge in [0.2, 0.25) is 5.13 Å². The lowest BCUT2D eigenvalue weighted by Gasteiger charge is -2.06. The number of thioether (sulfide) groups is 1. The average Bonchev–Trinajstić information content (AvgIpc) is 3.13. The normalized spacial score (nSPS) is 10.5. The van der Waals surface area contributed by atoms with Gasteiger partial charge in [-0.1, -0.05) is 40.8 Å². The van der Waals surface area contributed by atoms with Gasteiger partial charge in [0.15, 0.2) is 4.34 Å². The van der Waals surface area contributed by atoms with E-state index >= 15 is 0 Å². The van der Waals surface area contributed by atoms with Crippen LogP contribution in [0.4, 0.5) is 10.8 Å². The number of ether oxygens (including phenoxy) is 1. The fourth-order valence-electron chi connectivity index (χ4n) is 2.41. The number of carbonyl (C=O) groups is 1. The highest BCUT2D eigenvalue weighted by atomic mass is 32.2. The number of non-ortho nitro benzene ring substituents is 1. The lowest BCUT2D eigenvalue weighted by molar-refractivity contribution is -0.384. The van der Waals surface area contributed by atoms with Crippen LogP contribution in [0.2, 0.25) is 0 Å². The Morgan fingerprint density at radius 2 is 2.11 bits per heavy atom. The number of anilines is 1. The van der Waals surface area contributed by atoms with Crippen LogP contribution >= 0.6 is 23.1 Å². The molecule has 3 aromatic rings. The Hall–Kier alpha value is -2.98. The highest BCUT2D eigenvalue weighted by Gasteiger charge is 2.14. The van der Waals surface area contributed by atoms with E-state index in [4.69, 9.17) is 4.74 Å². The van der Waals surface area contributed by atoms with Gasteiger partial charge in [-0.05, 0) is 25.1 Å². The molecule has 0 bridgehead atoms. The molecule has 0 saturated heterocycles. The molecule has 0 unspecified atom stereocenters. The SMILES string of the molecule is COc1ccc([N+](=O)[O-])cc1CSc1nnc(NC(=O)c2cccc(C)c2)s1. The number of carbonyl (C=O) groups excluding carboxylic acids is 1. The molecule has 28 heavy (non-hydrogen) atoms. The lowest BCUT2D eigenvalue weighted by Crippen LogP contribution is -2.11. The van der Waals surface area contributed by atoms with Crippen molar-refractivity contribution in [2.24, 2.45) is 0 Å². The molecule has 0 aliphatic rings. The first-order chi connectivity index (χ1) is 13.5. The van der Waals surface area contributed by atoms with Gasteiger partial charge in [-0.3, -0.25) is 20.2 Å². The van der Waals surface area contributed by atoms with E-state index in [2.05, 4.69) is 15.5 Å². The summed E-state index contributed by atoms with van der Waals surface area (Å²) < 4.78 is 5.89. The number of rotatable bonds is 7. The van der Waals surface area contributed by atoms with Gasteiger partial charge in [-0.15, -0.1) is 10.2 Å². The van der Waals surface area contributed by atoms with Gasteiger partial charge < -0.3 is 4.74 Å². The molecule has 0 aliphatic heterocycles. The molecule has 1 N–H and O–H groups in total. The summed E-state index contributed by atoms with van der Waals surface area (Å²) in [5.41, 5.74) is 2.22. The Kier molecular flexibility index (Phi) is 6.22. The van der Waals surface area contributed by atoms with Crippen LogP contribution in [0.15, 0.2) is 46.8 Å². The topological polar surface area (TPSA) is 107 Å². The van der Waals surface area contributed by atoms with Crippen molar-refractivity contribution in [2.75, 3.05) is 12.4 Å². The van der Waals surface area contributed by atoms with Crippen molar-refractivity contribution in [2.45, 2.75) is 17.0 Å². The van der Waals surface area contributed by atoms with E-state index in [1.807, 2.05) is 19.1 Å². The molecule has 3 rings (SSSR count). The van der Waals surface area contributed by atoms with E-state index < -0.39 is 4.92 Å². The van der Waals surface area contributed by atoms with E-state index in [9.17, 15) is 14.9 Å². The molecule has 1 amide bonds. The minimum absolute atomic E-state index is 0.000212. The number of hydrogen-bond acceptors (Lipinski definition) is 8. The molecule has 0 fully saturated rings. The molecule has 8 nitrogen and oxygen atoms in total. The zero-order valence-electron chi connectivity index (χ0n) is 15.0. The van der Waals surface area contributed by atoms with Gasteiger partial charge in [0.25, 0.3) is 11.6 Å². The van der Waals surface area contributed by atoms with Crippen LogP contribution in [-0.4, -0.2) is 28.1 Å². The third-order valence-electron chi connectivity index (χ3n) is 3.73. The second-order valence-electron chi connectivity index (χ2n) is 5.74. The second-order valence-corrected chi connectivity index (χ2v) is 7.94. The highest BCUT2D eigenvalue weighted by molar-refractivity contribution is 8.00. The summed E-state index contributed by atoms with van der Waals surface area (Å²) in [7, 11) is 1.51. The number of nitro benzene ring substituents is 1. The Labute approximate surface area is 169 Å². The third-order valence-corrected chi connectivity index (χ3v) is 5.75. The van der Waals surface area contributed by atoms with Gasteiger partial charge in [0, 0.05) is 29.0 Å². The van der Waals surface area contributed by atoms with Crippen LogP contribution in [0.25, 0.3) is 0 Å². The number of nitrogens with zero attached hydrogens (tertiary/aromatic N) is 3. The van der Waals surface area contributed by atoms with E-state index in [0.29, 0.717) is 32.1 Å². The maximum Gasteiger partial charge on any atom is 0.270 e. The van der Waals surface area contributed by atoms with Crippen molar-refractivity contribution in [1.82, 2.24) is 10.2 Å². The van der Waals surface area contributed by atoms with Crippen molar-refractivity contribution >= 4 is 39.8 Å². The van der Waals surface area contributed by atoms with Crippen LogP contribution in [-0.2, 0) is 5.75 Å². The molecular weight excluding hydrogens is 400 g/mol. The summed E-state index contributed by atoms with van der Waals surface area (Å²) in [4.78, 5) is 22.8. The van der Waals surface area contributed by atoms with Crippen molar-refractivity contribution in [1.29, 1.82) is 0 Å². The molecule has 0 aliphatic carbocycles. The van der Waals surface area contributed by atoms with Crippen LogP contribution in [0.5, 0.6) is 5.75 Å². The smallest absolute Gasteiger partial charge is 0.270 e. The maximum atomic E-state index is 12.3. The molecule has 2 aromatic carbocycles. The van der Waals surface area contributed by atoms with Gasteiger partial charge in [0.05, 0.1) is 12.0 Å².